The highest BCUT2D eigenvalue weighted by atomic mass is 14.9. The second-order valence-corrected chi connectivity index (χ2v) is 3.39. The fourth-order valence-electron chi connectivity index (χ4n) is 1.56. The van der Waals surface area contributed by atoms with Crippen LogP contribution in [0.2, 0.25) is 0 Å². The lowest BCUT2D eigenvalue weighted by Crippen LogP contribution is -2.19. The Labute approximate surface area is 75.4 Å². The number of nitrogens with one attached hydrogen (secondary N) is 2. The first kappa shape index (κ1) is 9.75. The average molecular weight is 168 g/mol. The minimum atomic E-state index is 0.760. The predicted molar refractivity (Wildman–Crippen MR) is 53.3 cm³/mol. The summed E-state index contributed by atoms with van der Waals surface area (Å²) < 4.78 is 0. The summed E-state index contributed by atoms with van der Waals surface area (Å²) in [6.07, 6.45) is 9.66. The lowest BCUT2D eigenvalue weighted by molar-refractivity contribution is 0.613. The SMILES string of the molecule is CNCC/C=C\CC1CCCN1. The summed E-state index contributed by atoms with van der Waals surface area (Å²) in [7, 11) is 1.99. The molecule has 1 atom stereocenters. The third-order valence-electron chi connectivity index (χ3n) is 2.31. The van der Waals surface area contributed by atoms with Gasteiger partial charge in [-0.1, -0.05) is 12.2 Å². The Hall–Kier alpha value is -0.340. The van der Waals surface area contributed by atoms with Gasteiger partial charge >= 0.3 is 0 Å². The smallest absolute Gasteiger partial charge is 0.0102 e. The van der Waals surface area contributed by atoms with E-state index in [1.807, 2.05) is 7.05 Å². The largest absolute Gasteiger partial charge is 0.319 e. The van der Waals surface area contributed by atoms with Gasteiger partial charge in [-0.25, -0.2) is 0 Å². The molecule has 2 N–H and O–H groups in total. The van der Waals surface area contributed by atoms with Crippen molar-refractivity contribution >= 4 is 0 Å². The second kappa shape index (κ2) is 6.21. The quantitative estimate of drug-likeness (QED) is 0.477. The Morgan fingerprint density at radius 2 is 2.42 bits per heavy atom. The van der Waals surface area contributed by atoms with Crippen molar-refractivity contribution < 1.29 is 0 Å². The molecule has 2 heteroatoms. The van der Waals surface area contributed by atoms with E-state index in [1.165, 1.54) is 25.8 Å². The maximum atomic E-state index is 3.48. The van der Waals surface area contributed by atoms with E-state index in [-0.39, 0.29) is 0 Å². The lowest BCUT2D eigenvalue weighted by atomic mass is 10.1. The molecule has 0 aromatic carbocycles. The van der Waals surface area contributed by atoms with Crippen LogP contribution in [-0.4, -0.2) is 26.2 Å². The van der Waals surface area contributed by atoms with Crippen LogP contribution in [-0.2, 0) is 0 Å². The minimum absolute atomic E-state index is 0.760. The van der Waals surface area contributed by atoms with Gasteiger partial charge in [0.25, 0.3) is 0 Å². The van der Waals surface area contributed by atoms with Gasteiger partial charge in [-0.3, -0.25) is 0 Å². The van der Waals surface area contributed by atoms with Crippen molar-refractivity contribution in [2.45, 2.75) is 31.7 Å². The molecule has 1 fully saturated rings. The first-order valence-electron chi connectivity index (χ1n) is 4.96. The normalized spacial score (nSPS) is 23.9. The monoisotopic (exact) mass is 168 g/mol. The van der Waals surface area contributed by atoms with Crippen molar-refractivity contribution in [3.05, 3.63) is 12.2 Å². The van der Waals surface area contributed by atoms with Gasteiger partial charge in [-0.2, -0.15) is 0 Å². The Balaban J connectivity index is 1.96. The summed E-state index contributed by atoms with van der Waals surface area (Å²) in [5.41, 5.74) is 0. The first-order valence-corrected chi connectivity index (χ1v) is 4.96. The van der Waals surface area contributed by atoms with E-state index >= 15 is 0 Å². The fraction of sp³-hybridized carbons (Fsp3) is 0.800. The highest BCUT2D eigenvalue weighted by Crippen LogP contribution is 2.08. The molecule has 0 radical (unpaired) electrons. The maximum Gasteiger partial charge on any atom is 0.0102 e. The Kier molecular flexibility index (Phi) is 5.04. The van der Waals surface area contributed by atoms with Crippen LogP contribution in [0.4, 0.5) is 0 Å². The van der Waals surface area contributed by atoms with Gasteiger partial charge < -0.3 is 10.6 Å². The van der Waals surface area contributed by atoms with Crippen LogP contribution in [0.15, 0.2) is 12.2 Å². The van der Waals surface area contributed by atoms with Gasteiger partial charge in [-0.05, 0) is 45.8 Å². The van der Waals surface area contributed by atoms with Crippen molar-refractivity contribution in [1.29, 1.82) is 0 Å². The number of rotatable bonds is 5. The standard InChI is InChI=1S/C10H20N2/c1-11-8-4-2-3-6-10-7-5-9-12-10/h2-3,10-12H,4-9H2,1H3/b3-2-. The molecule has 1 aliphatic heterocycles. The van der Waals surface area contributed by atoms with E-state index in [4.69, 9.17) is 0 Å². The van der Waals surface area contributed by atoms with Gasteiger partial charge in [-0.15, -0.1) is 0 Å². The highest BCUT2D eigenvalue weighted by Gasteiger charge is 2.10. The summed E-state index contributed by atoms with van der Waals surface area (Å²) in [6.45, 7) is 2.31. The summed E-state index contributed by atoms with van der Waals surface area (Å²) in [5, 5.41) is 6.61. The lowest BCUT2D eigenvalue weighted by Gasteiger charge is -2.04. The van der Waals surface area contributed by atoms with Gasteiger partial charge in [0, 0.05) is 6.04 Å². The number of hydrogen-bond acceptors (Lipinski definition) is 2. The molecule has 1 saturated heterocycles. The van der Waals surface area contributed by atoms with Crippen LogP contribution in [0.25, 0.3) is 0 Å². The van der Waals surface area contributed by atoms with Gasteiger partial charge in [0.1, 0.15) is 0 Å². The third kappa shape index (κ3) is 3.88. The molecule has 0 aromatic heterocycles. The molecular weight excluding hydrogens is 148 g/mol. The van der Waals surface area contributed by atoms with Crippen LogP contribution in [0, 0.1) is 0 Å². The molecule has 0 bridgehead atoms. The molecule has 0 aromatic rings. The zero-order chi connectivity index (χ0) is 8.65. The molecule has 2 nitrogen and oxygen atoms in total. The second-order valence-electron chi connectivity index (χ2n) is 3.39. The zero-order valence-electron chi connectivity index (χ0n) is 7.97. The van der Waals surface area contributed by atoms with Gasteiger partial charge in [0.15, 0.2) is 0 Å². The topological polar surface area (TPSA) is 24.1 Å². The molecule has 70 valence electrons. The maximum absolute atomic E-state index is 3.48. The summed E-state index contributed by atoms with van der Waals surface area (Å²) in [5.74, 6) is 0. The first-order chi connectivity index (χ1) is 5.93. The van der Waals surface area contributed by atoms with Crippen molar-refractivity contribution in [3.63, 3.8) is 0 Å². The summed E-state index contributed by atoms with van der Waals surface area (Å²) in [6, 6.07) is 0.760. The fourth-order valence-corrected chi connectivity index (χ4v) is 1.56. The van der Waals surface area contributed by atoms with E-state index in [0.29, 0.717) is 0 Å². The molecule has 0 aliphatic carbocycles. The molecule has 1 rings (SSSR count). The molecule has 1 unspecified atom stereocenters. The molecule has 0 saturated carbocycles. The predicted octanol–water partition coefficient (Wildman–Crippen LogP) is 1.29. The third-order valence-corrected chi connectivity index (χ3v) is 2.31. The summed E-state index contributed by atoms with van der Waals surface area (Å²) in [4.78, 5) is 0. The van der Waals surface area contributed by atoms with Crippen LogP contribution >= 0.6 is 0 Å². The Morgan fingerprint density at radius 1 is 1.50 bits per heavy atom. The zero-order valence-corrected chi connectivity index (χ0v) is 7.97. The van der Waals surface area contributed by atoms with Crippen molar-refractivity contribution in [2.24, 2.45) is 0 Å². The summed E-state index contributed by atoms with van der Waals surface area (Å²) >= 11 is 0. The van der Waals surface area contributed by atoms with Gasteiger partial charge in [0.05, 0.1) is 0 Å². The van der Waals surface area contributed by atoms with Crippen LogP contribution in [0.1, 0.15) is 25.7 Å². The Bertz CT molecular complexity index is 126. The van der Waals surface area contributed by atoms with Crippen LogP contribution in [0.5, 0.6) is 0 Å². The number of hydrogen-bond donors (Lipinski definition) is 2. The molecule has 12 heavy (non-hydrogen) atoms. The molecule has 1 aliphatic rings. The van der Waals surface area contributed by atoms with Crippen molar-refractivity contribution in [3.8, 4) is 0 Å². The minimum Gasteiger partial charge on any atom is -0.319 e. The Morgan fingerprint density at radius 3 is 3.08 bits per heavy atom. The van der Waals surface area contributed by atoms with E-state index in [2.05, 4.69) is 22.8 Å². The van der Waals surface area contributed by atoms with Crippen molar-refractivity contribution in [2.75, 3.05) is 20.1 Å². The van der Waals surface area contributed by atoms with E-state index in [0.717, 1.165) is 19.0 Å². The molecule has 0 amide bonds. The highest BCUT2D eigenvalue weighted by molar-refractivity contribution is 4.88. The van der Waals surface area contributed by atoms with Crippen LogP contribution in [0.3, 0.4) is 0 Å². The van der Waals surface area contributed by atoms with E-state index in [1.54, 1.807) is 0 Å². The molecule has 0 spiro atoms. The average Bonchev–Trinajstić information content (AvgIpc) is 2.57. The van der Waals surface area contributed by atoms with Crippen molar-refractivity contribution in [1.82, 2.24) is 10.6 Å². The van der Waals surface area contributed by atoms with Gasteiger partial charge in [0.2, 0.25) is 0 Å². The van der Waals surface area contributed by atoms with E-state index < -0.39 is 0 Å². The molecule has 1 heterocycles. The van der Waals surface area contributed by atoms with Crippen LogP contribution < -0.4 is 10.6 Å². The van der Waals surface area contributed by atoms with E-state index in [9.17, 15) is 0 Å². The molecular formula is C10H20N2.